The summed E-state index contributed by atoms with van der Waals surface area (Å²) in [7, 11) is -2.28. The molecule has 0 saturated carbocycles. The Morgan fingerprint density at radius 3 is 2.59 bits per heavy atom. The first kappa shape index (κ1) is 24.4. The number of methoxy groups -OCH3 is 1. The van der Waals surface area contributed by atoms with Gasteiger partial charge in [-0.25, -0.2) is 23.5 Å². The van der Waals surface area contributed by atoms with Crippen molar-refractivity contribution >= 4 is 27.5 Å². The fourth-order valence-electron chi connectivity index (χ4n) is 3.66. The number of nitrogens with one attached hydrogen (secondary N) is 1. The van der Waals surface area contributed by atoms with Gasteiger partial charge in [-0.15, -0.1) is 0 Å². The Bertz CT molecular complexity index is 914. The van der Waals surface area contributed by atoms with Crippen LogP contribution in [-0.2, 0) is 40.3 Å². The second-order valence-corrected chi connectivity index (χ2v) is 10.7. The third kappa shape index (κ3) is 5.58. The van der Waals surface area contributed by atoms with E-state index in [1.54, 1.807) is 19.2 Å². The van der Waals surface area contributed by atoms with Crippen molar-refractivity contribution in [3.05, 3.63) is 29.8 Å². The summed E-state index contributed by atoms with van der Waals surface area (Å²) in [5.41, 5.74) is 3.80. The molecule has 3 atom stereocenters. The number of sulfone groups is 1. The van der Waals surface area contributed by atoms with Gasteiger partial charge in [0.2, 0.25) is 0 Å². The third-order valence-corrected chi connectivity index (χ3v) is 7.76. The van der Waals surface area contributed by atoms with E-state index >= 15 is 0 Å². The van der Waals surface area contributed by atoms with Crippen LogP contribution in [0.3, 0.4) is 0 Å². The Hall–Kier alpha value is -2.21. The summed E-state index contributed by atoms with van der Waals surface area (Å²) in [4.78, 5) is 31.9. The summed E-state index contributed by atoms with van der Waals surface area (Å²) >= 11 is 0. The molecule has 2 saturated heterocycles. The third-order valence-electron chi connectivity index (χ3n) is 5.77. The van der Waals surface area contributed by atoms with E-state index in [-0.39, 0.29) is 13.0 Å². The second kappa shape index (κ2) is 10.2. The van der Waals surface area contributed by atoms with E-state index < -0.39 is 39.0 Å². The largest absolute Gasteiger partial charge is 0.444 e. The number of anilines is 1. The molecule has 0 bridgehead atoms. The highest BCUT2D eigenvalue weighted by atomic mass is 32.2. The summed E-state index contributed by atoms with van der Waals surface area (Å²) in [5, 5.41) is 0. The predicted molar refractivity (Wildman–Crippen MR) is 115 cm³/mol. The molecule has 1 N–H and O–H groups in total. The zero-order chi connectivity index (χ0) is 23.4. The van der Waals surface area contributed by atoms with Gasteiger partial charge in [0, 0.05) is 38.5 Å². The molecule has 2 aliphatic heterocycles. The standard InChI is InChI=1S/C21H30N2O8S/c1-21(32(3,26)27,19(24)22-31-18-6-4-5-11-29-18)12-17-13-23(20(25)30-17)16-9-7-15(8-10-16)14-28-2/h7-10,17-18H,4-6,11-14H2,1-3H3,(H,22,24)/t17-,18?,21?/m0/s1. The highest BCUT2D eigenvalue weighted by molar-refractivity contribution is 7.92. The van der Waals surface area contributed by atoms with E-state index in [2.05, 4.69) is 5.48 Å². The molecule has 178 valence electrons. The van der Waals surface area contributed by atoms with Gasteiger partial charge in [0.1, 0.15) is 6.10 Å². The van der Waals surface area contributed by atoms with Gasteiger partial charge in [0.25, 0.3) is 5.91 Å². The molecule has 2 unspecified atom stereocenters. The fraction of sp³-hybridized carbons (Fsp3) is 0.619. The van der Waals surface area contributed by atoms with Crippen molar-refractivity contribution in [3.8, 4) is 0 Å². The zero-order valence-corrected chi connectivity index (χ0v) is 19.4. The highest BCUT2D eigenvalue weighted by Gasteiger charge is 2.48. The van der Waals surface area contributed by atoms with Crippen molar-refractivity contribution < 1.29 is 37.1 Å². The van der Waals surface area contributed by atoms with E-state index in [1.165, 1.54) is 11.8 Å². The number of hydroxylamine groups is 1. The molecule has 3 rings (SSSR count). The lowest BCUT2D eigenvalue weighted by atomic mass is 10.0. The van der Waals surface area contributed by atoms with E-state index in [9.17, 15) is 18.0 Å². The van der Waals surface area contributed by atoms with E-state index in [4.69, 9.17) is 19.0 Å². The molecule has 0 spiro atoms. The molecule has 2 heterocycles. The molecular weight excluding hydrogens is 440 g/mol. The maximum Gasteiger partial charge on any atom is 0.414 e. The van der Waals surface area contributed by atoms with Gasteiger partial charge in [-0.05, 0) is 37.5 Å². The molecule has 1 aromatic carbocycles. The summed E-state index contributed by atoms with van der Waals surface area (Å²) in [6.45, 7) is 2.39. The van der Waals surface area contributed by atoms with Crippen LogP contribution >= 0.6 is 0 Å². The van der Waals surface area contributed by atoms with Crippen molar-refractivity contribution in [1.29, 1.82) is 0 Å². The van der Waals surface area contributed by atoms with Crippen LogP contribution in [0, 0.1) is 0 Å². The van der Waals surface area contributed by atoms with Crippen LogP contribution in [0.1, 0.15) is 38.2 Å². The average Bonchev–Trinajstić information content (AvgIpc) is 3.12. The van der Waals surface area contributed by atoms with Crippen LogP contribution in [-0.4, -0.2) is 64.1 Å². The molecule has 11 heteroatoms. The number of nitrogens with zero attached hydrogens (tertiary/aromatic N) is 1. The Kier molecular flexibility index (Phi) is 7.75. The summed E-state index contributed by atoms with van der Waals surface area (Å²) in [6.07, 6.45) is 1.17. The molecule has 32 heavy (non-hydrogen) atoms. The summed E-state index contributed by atoms with van der Waals surface area (Å²) in [6, 6.07) is 7.19. The van der Waals surface area contributed by atoms with Crippen LogP contribution in [0.5, 0.6) is 0 Å². The highest BCUT2D eigenvalue weighted by Crippen LogP contribution is 2.30. The maximum absolute atomic E-state index is 12.8. The number of cyclic esters (lactones) is 1. The van der Waals surface area contributed by atoms with Crippen LogP contribution in [0.4, 0.5) is 10.5 Å². The van der Waals surface area contributed by atoms with Gasteiger partial charge in [-0.3, -0.25) is 9.69 Å². The van der Waals surface area contributed by atoms with Gasteiger partial charge in [0.05, 0.1) is 13.2 Å². The zero-order valence-electron chi connectivity index (χ0n) is 18.5. The lowest BCUT2D eigenvalue weighted by Crippen LogP contribution is -2.53. The first-order chi connectivity index (χ1) is 15.1. The van der Waals surface area contributed by atoms with Crippen molar-refractivity contribution in [2.24, 2.45) is 0 Å². The number of ether oxygens (including phenoxy) is 3. The minimum Gasteiger partial charge on any atom is -0.444 e. The van der Waals surface area contributed by atoms with E-state index in [0.717, 1.165) is 24.7 Å². The van der Waals surface area contributed by atoms with Crippen LogP contribution < -0.4 is 10.4 Å². The number of hydrogen-bond acceptors (Lipinski definition) is 8. The number of carbonyl (C=O) groups is 2. The molecule has 0 aliphatic carbocycles. The van der Waals surface area contributed by atoms with Crippen molar-refractivity contribution in [2.75, 3.05) is 31.4 Å². The van der Waals surface area contributed by atoms with Gasteiger partial charge in [0.15, 0.2) is 20.9 Å². The number of hydrogen-bond donors (Lipinski definition) is 1. The second-order valence-electron chi connectivity index (χ2n) is 8.27. The Morgan fingerprint density at radius 1 is 1.28 bits per heavy atom. The fourth-order valence-corrected chi connectivity index (χ4v) is 4.52. The first-order valence-electron chi connectivity index (χ1n) is 10.5. The Labute approximate surface area is 188 Å². The molecule has 1 aromatic rings. The number of rotatable bonds is 9. The normalized spacial score (nSPS) is 23.5. The van der Waals surface area contributed by atoms with E-state index in [1.807, 2.05) is 12.1 Å². The molecule has 2 fully saturated rings. The van der Waals surface area contributed by atoms with Crippen LogP contribution in [0.15, 0.2) is 24.3 Å². The first-order valence-corrected chi connectivity index (χ1v) is 12.4. The number of carbonyl (C=O) groups excluding carboxylic acids is 2. The van der Waals surface area contributed by atoms with E-state index in [0.29, 0.717) is 25.3 Å². The monoisotopic (exact) mass is 470 g/mol. The lowest BCUT2D eigenvalue weighted by molar-refractivity contribution is -0.201. The van der Waals surface area contributed by atoms with Crippen molar-refractivity contribution in [2.45, 2.75) is 56.4 Å². The topological polar surface area (TPSA) is 120 Å². The van der Waals surface area contributed by atoms with Crippen LogP contribution in [0.2, 0.25) is 0 Å². The van der Waals surface area contributed by atoms with Crippen LogP contribution in [0.25, 0.3) is 0 Å². The molecule has 0 radical (unpaired) electrons. The Morgan fingerprint density at radius 2 is 2.00 bits per heavy atom. The van der Waals surface area contributed by atoms with Gasteiger partial charge < -0.3 is 14.2 Å². The molecular formula is C21H30N2O8S. The smallest absolute Gasteiger partial charge is 0.414 e. The quantitative estimate of drug-likeness (QED) is 0.544. The van der Waals surface area contributed by atoms with Gasteiger partial charge in [-0.2, -0.15) is 0 Å². The minimum absolute atomic E-state index is 0.118. The molecule has 10 nitrogen and oxygen atoms in total. The average molecular weight is 471 g/mol. The molecule has 2 amide bonds. The maximum atomic E-state index is 12.8. The summed E-state index contributed by atoms with van der Waals surface area (Å²) < 4.78 is 39.1. The van der Waals surface area contributed by atoms with Gasteiger partial charge >= 0.3 is 6.09 Å². The molecule has 2 aliphatic rings. The predicted octanol–water partition coefficient (Wildman–Crippen LogP) is 1.93. The Balaban J connectivity index is 1.67. The minimum atomic E-state index is -3.87. The summed E-state index contributed by atoms with van der Waals surface area (Å²) in [5.74, 6) is -0.826. The van der Waals surface area contributed by atoms with Crippen molar-refractivity contribution in [3.63, 3.8) is 0 Å². The number of amides is 2. The SMILES string of the molecule is COCc1ccc(N2C[C@H](CC(C)(C(=O)NOC3CCCCO3)S(C)(=O)=O)OC2=O)cc1. The molecule has 0 aromatic heterocycles. The van der Waals surface area contributed by atoms with Gasteiger partial charge in [-0.1, -0.05) is 12.1 Å². The van der Waals surface area contributed by atoms with Crippen molar-refractivity contribution in [1.82, 2.24) is 5.48 Å². The lowest BCUT2D eigenvalue weighted by Gasteiger charge is -2.29. The number of benzene rings is 1.